The normalized spacial score (nSPS) is 15.0. The average Bonchev–Trinajstić information content (AvgIpc) is 1.89. The maximum Gasteiger partial charge on any atom is 0.0350 e. The molecule has 1 unspecified atom stereocenters. The summed E-state index contributed by atoms with van der Waals surface area (Å²) < 4.78 is 0. The highest BCUT2D eigenvalue weighted by molar-refractivity contribution is 5.58. The molecule has 0 aliphatic heterocycles. The molecular formula is C5H11N5. The van der Waals surface area contributed by atoms with Gasteiger partial charge in [0.25, 0.3) is 0 Å². The average molecular weight is 141 g/mol. The Balaban J connectivity index is 3.82. The van der Waals surface area contributed by atoms with Gasteiger partial charge in [-0.3, -0.25) is 0 Å². The van der Waals surface area contributed by atoms with Gasteiger partial charge >= 0.3 is 0 Å². The first-order chi connectivity index (χ1) is 4.72. The third-order valence-electron chi connectivity index (χ3n) is 1.25. The van der Waals surface area contributed by atoms with Crippen LogP contribution in [0.1, 0.15) is 6.92 Å². The van der Waals surface area contributed by atoms with E-state index in [1.54, 1.807) is 6.92 Å². The minimum atomic E-state index is -0.129. The SMILES string of the molecule is C[C@@H](N)C(C=N)CN=[N+]=[N-]. The molecule has 0 aliphatic rings. The number of nitrogens with zero attached hydrogens (tertiary/aromatic N) is 3. The molecule has 56 valence electrons. The quantitative estimate of drug-likeness (QED) is 0.258. The van der Waals surface area contributed by atoms with Gasteiger partial charge in [0.15, 0.2) is 0 Å². The van der Waals surface area contributed by atoms with Crippen molar-refractivity contribution in [2.75, 3.05) is 6.54 Å². The molecule has 0 saturated carbocycles. The summed E-state index contributed by atoms with van der Waals surface area (Å²) in [5.74, 6) is -0.129. The number of azide groups is 1. The van der Waals surface area contributed by atoms with E-state index >= 15 is 0 Å². The van der Waals surface area contributed by atoms with Crippen LogP contribution >= 0.6 is 0 Å². The summed E-state index contributed by atoms with van der Waals surface area (Å²) in [5.41, 5.74) is 13.4. The summed E-state index contributed by atoms with van der Waals surface area (Å²) in [4.78, 5) is 2.57. The lowest BCUT2D eigenvalue weighted by molar-refractivity contribution is 0.581. The van der Waals surface area contributed by atoms with Crippen molar-refractivity contribution in [1.29, 1.82) is 5.41 Å². The Labute approximate surface area is 59.4 Å². The van der Waals surface area contributed by atoms with Crippen molar-refractivity contribution in [3.8, 4) is 0 Å². The summed E-state index contributed by atoms with van der Waals surface area (Å²) in [5, 5.41) is 10.2. The Hall–Kier alpha value is -1.06. The van der Waals surface area contributed by atoms with Gasteiger partial charge < -0.3 is 11.1 Å². The largest absolute Gasteiger partial charge is 0.327 e. The van der Waals surface area contributed by atoms with E-state index in [1.807, 2.05) is 0 Å². The molecule has 0 amide bonds. The molecule has 2 atom stereocenters. The fraction of sp³-hybridized carbons (Fsp3) is 0.800. The molecule has 0 aromatic carbocycles. The van der Waals surface area contributed by atoms with Gasteiger partial charge in [0.05, 0.1) is 0 Å². The van der Waals surface area contributed by atoms with E-state index in [0.29, 0.717) is 0 Å². The highest BCUT2D eigenvalue weighted by Crippen LogP contribution is 1.97. The highest BCUT2D eigenvalue weighted by Gasteiger charge is 2.07. The lowest BCUT2D eigenvalue weighted by Crippen LogP contribution is -2.29. The fourth-order valence-electron chi connectivity index (χ4n) is 0.502. The topological polar surface area (TPSA) is 98.6 Å². The van der Waals surface area contributed by atoms with Crippen molar-refractivity contribution in [3.05, 3.63) is 10.4 Å². The number of hydrogen-bond acceptors (Lipinski definition) is 3. The standard InChI is InChI=1S/C5H11N5/c1-4(7)5(2-6)3-9-10-8/h2,4-6H,3,7H2,1H3/t4-,5?/m1/s1. The number of nitrogens with two attached hydrogens (primary N) is 1. The zero-order valence-corrected chi connectivity index (χ0v) is 5.86. The van der Waals surface area contributed by atoms with Crippen LogP contribution < -0.4 is 5.73 Å². The first kappa shape index (κ1) is 8.94. The van der Waals surface area contributed by atoms with Crippen LogP contribution in [0.15, 0.2) is 5.11 Å². The predicted octanol–water partition coefficient (Wildman–Crippen LogP) is 0.910. The van der Waals surface area contributed by atoms with Crippen molar-refractivity contribution >= 4 is 6.21 Å². The summed E-state index contributed by atoms with van der Waals surface area (Å²) in [6.07, 6.45) is 1.21. The van der Waals surface area contributed by atoms with Gasteiger partial charge in [-0.1, -0.05) is 5.11 Å². The van der Waals surface area contributed by atoms with E-state index in [1.165, 1.54) is 6.21 Å². The van der Waals surface area contributed by atoms with Crippen molar-refractivity contribution in [1.82, 2.24) is 0 Å². The van der Waals surface area contributed by atoms with Crippen molar-refractivity contribution in [2.45, 2.75) is 13.0 Å². The van der Waals surface area contributed by atoms with E-state index in [2.05, 4.69) is 10.0 Å². The van der Waals surface area contributed by atoms with Gasteiger partial charge in [-0.05, 0) is 18.7 Å². The van der Waals surface area contributed by atoms with Gasteiger partial charge in [-0.2, -0.15) is 0 Å². The van der Waals surface area contributed by atoms with Crippen molar-refractivity contribution < 1.29 is 0 Å². The maximum atomic E-state index is 7.93. The summed E-state index contributed by atoms with van der Waals surface area (Å²) in [6.45, 7) is 2.06. The molecule has 0 aromatic heterocycles. The summed E-state index contributed by atoms with van der Waals surface area (Å²) >= 11 is 0. The van der Waals surface area contributed by atoms with Crippen LogP contribution in [0.4, 0.5) is 0 Å². The van der Waals surface area contributed by atoms with Gasteiger partial charge in [0.2, 0.25) is 0 Å². The molecule has 5 heteroatoms. The van der Waals surface area contributed by atoms with Crippen molar-refractivity contribution in [2.24, 2.45) is 16.8 Å². The molecule has 3 N–H and O–H groups in total. The molecule has 0 rings (SSSR count). The second-order valence-electron chi connectivity index (χ2n) is 2.10. The third-order valence-corrected chi connectivity index (χ3v) is 1.25. The highest BCUT2D eigenvalue weighted by atomic mass is 15.1. The first-order valence-corrected chi connectivity index (χ1v) is 2.99. The maximum absolute atomic E-state index is 7.93. The molecule has 5 nitrogen and oxygen atoms in total. The molecule has 0 spiro atoms. The number of rotatable bonds is 4. The van der Waals surface area contributed by atoms with Crippen LogP contribution in [0, 0.1) is 11.3 Å². The van der Waals surface area contributed by atoms with Crippen LogP contribution in [-0.2, 0) is 0 Å². The van der Waals surface area contributed by atoms with Crippen LogP contribution in [0.3, 0.4) is 0 Å². The predicted molar refractivity (Wildman–Crippen MR) is 39.9 cm³/mol. The smallest absolute Gasteiger partial charge is 0.0350 e. The van der Waals surface area contributed by atoms with E-state index in [-0.39, 0.29) is 18.5 Å². The Bertz CT molecular complexity index is 146. The van der Waals surface area contributed by atoms with Gasteiger partial charge in [0, 0.05) is 23.4 Å². The fourth-order valence-corrected chi connectivity index (χ4v) is 0.502. The first-order valence-electron chi connectivity index (χ1n) is 2.99. The second kappa shape index (κ2) is 4.78. The minimum Gasteiger partial charge on any atom is -0.327 e. The van der Waals surface area contributed by atoms with E-state index in [4.69, 9.17) is 16.7 Å². The lowest BCUT2D eigenvalue weighted by Gasteiger charge is -2.11. The van der Waals surface area contributed by atoms with Crippen LogP contribution in [0.5, 0.6) is 0 Å². The van der Waals surface area contributed by atoms with E-state index in [9.17, 15) is 0 Å². The molecule has 0 fully saturated rings. The third kappa shape index (κ3) is 3.06. The number of hydrogen-bond donors (Lipinski definition) is 2. The van der Waals surface area contributed by atoms with Crippen LogP contribution in [0.25, 0.3) is 10.4 Å². The van der Waals surface area contributed by atoms with E-state index in [0.717, 1.165) is 0 Å². The lowest BCUT2D eigenvalue weighted by atomic mass is 10.0. The minimum absolute atomic E-state index is 0.122. The monoisotopic (exact) mass is 141 g/mol. The van der Waals surface area contributed by atoms with Crippen LogP contribution in [-0.4, -0.2) is 18.8 Å². The van der Waals surface area contributed by atoms with Gasteiger partial charge in [-0.15, -0.1) is 0 Å². The molecule has 0 saturated heterocycles. The molecular weight excluding hydrogens is 130 g/mol. The zero-order valence-electron chi connectivity index (χ0n) is 5.86. The van der Waals surface area contributed by atoms with Gasteiger partial charge in [0.1, 0.15) is 0 Å². The number of nitrogens with one attached hydrogen (secondary N) is 1. The Morgan fingerprint density at radius 3 is 2.80 bits per heavy atom. The molecule has 0 radical (unpaired) electrons. The molecule has 0 heterocycles. The molecule has 0 aliphatic carbocycles. The summed E-state index contributed by atoms with van der Waals surface area (Å²) in [6, 6.07) is -0.122. The summed E-state index contributed by atoms with van der Waals surface area (Å²) in [7, 11) is 0. The van der Waals surface area contributed by atoms with Crippen molar-refractivity contribution in [3.63, 3.8) is 0 Å². The molecule has 0 bridgehead atoms. The zero-order chi connectivity index (χ0) is 7.98. The molecule has 0 aromatic rings. The second-order valence-corrected chi connectivity index (χ2v) is 2.10. The van der Waals surface area contributed by atoms with Crippen LogP contribution in [0.2, 0.25) is 0 Å². The Morgan fingerprint density at radius 1 is 1.90 bits per heavy atom. The Kier molecular flexibility index (Phi) is 4.28. The van der Waals surface area contributed by atoms with Gasteiger partial charge in [-0.25, -0.2) is 0 Å². The Morgan fingerprint density at radius 2 is 2.50 bits per heavy atom. The van der Waals surface area contributed by atoms with E-state index < -0.39 is 0 Å². The molecule has 10 heavy (non-hydrogen) atoms.